The molecular weight excluding hydrogens is 351 g/mol. The molecule has 0 aliphatic rings. The van der Waals surface area contributed by atoms with Crippen molar-refractivity contribution in [3.05, 3.63) is 71.3 Å². The van der Waals surface area contributed by atoms with E-state index in [1.165, 1.54) is 23.9 Å². The van der Waals surface area contributed by atoms with Crippen LogP contribution in [-0.2, 0) is 11.3 Å². The van der Waals surface area contributed by atoms with Crippen molar-refractivity contribution in [1.82, 2.24) is 14.8 Å². The molecule has 134 valence electrons. The highest BCUT2D eigenvalue weighted by molar-refractivity contribution is 7.99. The van der Waals surface area contributed by atoms with Crippen LogP contribution in [-0.4, -0.2) is 26.4 Å². The summed E-state index contributed by atoms with van der Waals surface area (Å²) < 4.78 is 15.1. The fourth-order valence-electron chi connectivity index (χ4n) is 2.50. The monoisotopic (exact) mass is 370 g/mol. The molecule has 1 aromatic heterocycles. The van der Waals surface area contributed by atoms with Gasteiger partial charge in [0.25, 0.3) is 0 Å². The van der Waals surface area contributed by atoms with Crippen molar-refractivity contribution in [3.63, 3.8) is 0 Å². The molecule has 0 radical (unpaired) electrons. The van der Waals surface area contributed by atoms with Gasteiger partial charge in [0.2, 0.25) is 5.91 Å². The average Bonchev–Trinajstić information content (AvgIpc) is 2.97. The largest absolute Gasteiger partial charge is 0.325 e. The third-order valence-electron chi connectivity index (χ3n) is 3.88. The first-order valence-electron chi connectivity index (χ1n) is 8.15. The summed E-state index contributed by atoms with van der Waals surface area (Å²) in [5.74, 6) is 0.506. The molecule has 1 amide bonds. The Morgan fingerprint density at radius 3 is 2.65 bits per heavy atom. The van der Waals surface area contributed by atoms with Crippen molar-refractivity contribution in [3.8, 4) is 0 Å². The molecule has 3 rings (SSSR count). The van der Waals surface area contributed by atoms with Crippen LogP contribution in [0, 0.1) is 19.7 Å². The van der Waals surface area contributed by atoms with Gasteiger partial charge in [0, 0.05) is 5.69 Å². The fourth-order valence-corrected chi connectivity index (χ4v) is 3.28. The van der Waals surface area contributed by atoms with Crippen LogP contribution in [0.1, 0.15) is 17.0 Å². The predicted molar refractivity (Wildman–Crippen MR) is 101 cm³/mol. The number of nitrogens with one attached hydrogen (secondary N) is 1. The van der Waals surface area contributed by atoms with E-state index in [9.17, 15) is 9.18 Å². The minimum absolute atomic E-state index is 0.170. The van der Waals surface area contributed by atoms with Gasteiger partial charge >= 0.3 is 0 Å². The number of aryl methyl sites for hydroxylation is 2. The maximum absolute atomic E-state index is 13.1. The molecule has 0 spiro atoms. The predicted octanol–water partition coefficient (Wildman–Crippen LogP) is 3.81. The van der Waals surface area contributed by atoms with E-state index in [1.807, 2.05) is 41.8 Å². The number of anilines is 1. The highest BCUT2D eigenvalue weighted by atomic mass is 32.2. The number of hydrogen-bond donors (Lipinski definition) is 1. The smallest absolute Gasteiger partial charge is 0.234 e. The van der Waals surface area contributed by atoms with Crippen LogP contribution in [0.5, 0.6) is 0 Å². The van der Waals surface area contributed by atoms with Crippen LogP contribution >= 0.6 is 11.8 Å². The lowest BCUT2D eigenvalue weighted by Gasteiger charge is -2.10. The van der Waals surface area contributed by atoms with Crippen molar-refractivity contribution in [2.75, 3.05) is 11.1 Å². The summed E-state index contributed by atoms with van der Waals surface area (Å²) in [5.41, 5.74) is 2.44. The Kier molecular flexibility index (Phi) is 5.68. The maximum atomic E-state index is 13.1. The average molecular weight is 370 g/mol. The van der Waals surface area contributed by atoms with Crippen molar-refractivity contribution in [2.45, 2.75) is 25.5 Å². The first-order valence-corrected chi connectivity index (χ1v) is 9.14. The highest BCUT2D eigenvalue weighted by Crippen LogP contribution is 2.20. The Labute approximate surface area is 155 Å². The van der Waals surface area contributed by atoms with E-state index in [4.69, 9.17) is 0 Å². The highest BCUT2D eigenvalue weighted by Gasteiger charge is 2.13. The van der Waals surface area contributed by atoms with E-state index in [0.29, 0.717) is 23.0 Å². The molecular formula is C19H19FN4OS. The molecule has 0 atom stereocenters. The van der Waals surface area contributed by atoms with Crippen LogP contribution < -0.4 is 5.32 Å². The quantitative estimate of drug-likeness (QED) is 0.670. The second-order valence-corrected chi connectivity index (χ2v) is 6.84. The number of thioether (sulfide) groups is 1. The molecule has 0 aliphatic carbocycles. The lowest BCUT2D eigenvalue weighted by molar-refractivity contribution is -0.113. The van der Waals surface area contributed by atoms with Crippen LogP contribution in [0.2, 0.25) is 0 Å². The number of amides is 1. The molecule has 0 aliphatic heterocycles. The Morgan fingerprint density at radius 2 is 1.92 bits per heavy atom. The molecule has 1 N–H and O–H groups in total. The van der Waals surface area contributed by atoms with E-state index < -0.39 is 0 Å². The number of hydrogen-bond acceptors (Lipinski definition) is 4. The van der Waals surface area contributed by atoms with Gasteiger partial charge in [-0.25, -0.2) is 4.39 Å². The first kappa shape index (κ1) is 18.1. The summed E-state index contributed by atoms with van der Waals surface area (Å²) >= 11 is 1.33. The lowest BCUT2D eigenvalue weighted by Crippen LogP contribution is -2.15. The van der Waals surface area contributed by atoms with Gasteiger partial charge in [0.05, 0.1) is 12.3 Å². The van der Waals surface area contributed by atoms with Gasteiger partial charge in [-0.15, -0.1) is 10.2 Å². The van der Waals surface area contributed by atoms with E-state index in [1.54, 1.807) is 13.0 Å². The molecule has 3 aromatic rings. The van der Waals surface area contributed by atoms with Gasteiger partial charge in [-0.1, -0.05) is 42.1 Å². The number of aromatic nitrogens is 3. The molecule has 0 unspecified atom stereocenters. The molecule has 0 saturated heterocycles. The molecule has 0 bridgehead atoms. The third kappa shape index (κ3) is 4.49. The Hall–Kier alpha value is -2.67. The van der Waals surface area contributed by atoms with Crippen molar-refractivity contribution in [1.29, 1.82) is 0 Å². The van der Waals surface area contributed by atoms with Crippen LogP contribution in [0.25, 0.3) is 0 Å². The minimum atomic E-state index is -0.320. The summed E-state index contributed by atoms with van der Waals surface area (Å²) in [5, 5.41) is 11.8. The van der Waals surface area contributed by atoms with Crippen LogP contribution in [0.3, 0.4) is 0 Å². The summed E-state index contributed by atoms with van der Waals surface area (Å²) in [7, 11) is 0. The number of rotatable bonds is 6. The van der Waals surface area contributed by atoms with Gasteiger partial charge in [0.1, 0.15) is 11.6 Å². The third-order valence-corrected chi connectivity index (χ3v) is 4.85. The number of carbonyl (C=O) groups is 1. The van der Waals surface area contributed by atoms with E-state index in [2.05, 4.69) is 15.5 Å². The summed E-state index contributed by atoms with van der Waals surface area (Å²) in [6.45, 7) is 4.30. The first-order chi connectivity index (χ1) is 12.5. The maximum Gasteiger partial charge on any atom is 0.234 e. The van der Waals surface area contributed by atoms with Crippen LogP contribution in [0.15, 0.2) is 53.7 Å². The van der Waals surface area contributed by atoms with Gasteiger partial charge < -0.3 is 9.88 Å². The number of halogens is 1. The SMILES string of the molecule is Cc1cc(F)ccc1NC(=O)CSc1nnc(C)n1Cc1ccccc1. The van der Waals surface area contributed by atoms with Crippen LogP contribution in [0.4, 0.5) is 10.1 Å². The summed E-state index contributed by atoms with van der Waals surface area (Å²) in [4.78, 5) is 12.2. The fraction of sp³-hybridized carbons (Fsp3) is 0.211. The van der Waals surface area contributed by atoms with Crippen molar-refractivity contribution < 1.29 is 9.18 Å². The minimum Gasteiger partial charge on any atom is -0.325 e. The standard InChI is InChI=1S/C19H19FN4OS/c1-13-10-16(20)8-9-17(13)21-18(25)12-26-19-23-22-14(2)24(19)11-15-6-4-3-5-7-15/h3-10H,11-12H2,1-2H3,(H,21,25). The Bertz CT molecular complexity index is 911. The Balaban J connectivity index is 1.63. The summed E-state index contributed by atoms with van der Waals surface area (Å²) in [6.07, 6.45) is 0. The lowest BCUT2D eigenvalue weighted by atomic mass is 10.2. The molecule has 2 aromatic carbocycles. The van der Waals surface area contributed by atoms with E-state index in [-0.39, 0.29) is 17.5 Å². The molecule has 0 fully saturated rings. The number of nitrogens with zero attached hydrogens (tertiary/aromatic N) is 3. The van der Waals surface area contributed by atoms with Gasteiger partial charge in [-0.3, -0.25) is 4.79 Å². The van der Waals surface area contributed by atoms with Gasteiger partial charge in [-0.05, 0) is 43.2 Å². The zero-order valence-corrected chi connectivity index (χ0v) is 15.4. The number of benzene rings is 2. The molecule has 26 heavy (non-hydrogen) atoms. The van der Waals surface area contributed by atoms with E-state index in [0.717, 1.165) is 11.4 Å². The molecule has 1 heterocycles. The zero-order valence-electron chi connectivity index (χ0n) is 14.6. The molecule has 7 heteroatoms. The number of carbonyl (C=O) groups excluding carboxylic acids is 1. The van der Waals surface area contributed by atoms with Crippen molar-refractivity contribution >= 4 is 23.4 Å². The Morgan fingerprint density at radius 1 is 1.15 bits per heavy atom. The normalized spacial score (nSPS) is 10.7. The van der Waals surface area contributed by atoms with Crippen molar-refractivity contribution in [2.24, 2.45) is 0 Å². The second-order valence-electron chi connectivity index (χ2n) is 5.90. The topological polar surface area (TPSA) is 59.8 Å². The zero-order chi connectivity index (χ0) is 18.5. The summed E-state index contributed by atoms with van der Waals surface area (Å²) in [6, 6.07) is 14.3. The molecule has 0 saturated carbocycles. The molecule has 5 nitrogen and oxygen atoms in total. The second kappa shape index (κ2) is 8.14. The van der Waals surface area contributed by atoms with Gasteiger partial charge in [-0.2, -0.15) is 0 Å². The van der Waals surface area contributed by atoms with Gasteiger partial charge in [0.15, 0.2) is 5.16 Å². The van der Waals surface area contributed by atoms with E-state index >= 15 is 0 Å².